The van der Waals surface area contributed by atoms with Gasteiger partial charge in [-0.2, -0.15) is 0 Å². The number of nitrogens with zero attached hydrogens (tertiary/aromatic N) is 2. The van der Waals surface area contributed by atoms with Gasteiger partial charge in [-0.3, -0.25) is 14.5 Å². The average Bonchev–Trinajstić information content (AvgIpc) is 3.49. The molecule has 202 valence electrons. The Balaban J connectivity index is 1.63. The third-order valence-electron chi connectivity index (χ3n) is 6.19. The lowest BCUT2D eigenvalue weighted by Gasteiger charge is -2.25. The number of fused-ring (bicyclic) bond motifs is 1. The van der Waals surface area contributed by atoms with E-state index in [1.165, 1.54) is 22.3 Å². The molecule has 5 rings (SSSR count). The van der Waals surface area contributed by atoms with Crippen molar-refractivity contribution in [2.24, 2.45) is 0 Å². The fourth-order valence-electron chi connectivity index (χ4n) is 4.42. The lowest BCUT2D eigenvalue weighted by atomic mass is 9.95. The molecule has 0 fully saturated rings. The van der Waals surface area contributed by atoms with Crippen LogP contribution < -0.4 is 14.4 Å². The van der Waals surface area contributed by atoms with E-state index in [1.807, 2.05) is 37.3 Å². The maximum Gasteiger partial charge on any atom is 0.296 e. The van der Waals surface area contributed by atoms with Crippen molar-refractivity contribution in [3.05, 3.63) is 113 Å². The van der Waals surface area contributed by atoms with E-state index in [2.05, 4.69) is 11.6 Å². The zero-order chi connectivity index (χ0) is 28.2. The fraction of sp³-hybridized carbons (Fsp3) is 0.129. The number of ether oxygens (including phenoxy) is 2. The van der Waals surface area contributed by atoms with Gasteiger partial charge in [-0.25, -0.2) is 4.98 Å². The number of carbonyl (C=O) groups excluding carboxylic acids is 2. The Morgan fingerprint density at radius 2 is 1.93 bits per heavy atom. The molecule has 1 atom stereocenters. The molecule has 0 bridgehead atoms. The number of aliphatic hydroxyl groups is 1. The molecule has 0 spiro atoms. The fourth-order valence-corrected chi connectivity index (χ4v) is 5.68. The van der Waals surface area contributed by atoms with Crippen molar-refractivity contribution in [2.45, 2.75) is 13.0 Å². The van der Waals surface area contributed by atoms with Gasteiger partial charge in [0.25, 0.3) is 5.91 Å². The average molecular weight is 573 g/mol. The number of carbonyl (C=O) groups is 2. The molecule has 9 heteroatoms. The van der Waals surface area contributed by atoms with Gasteiger partial charge in [0.15, 0.2) is 28.2 Å². The van der Waals surface area contributed by atoms with E-state index in [4.69, 9.17) is 21.1 Å². The first-order valence-electron chi connectivity index (χ1n) is 12.5. The van der Waals surface area contributed by atoms with E-state index >= 15 is 0 Å². The summed E-state index contributed by atoms with van der Waals surface area (Å²) < 4.78 is 12.3. The van der Waals surface area contributed by atoms with E-state index in [0.29, 0.717) is 39.3 Å². The van der Waals surface area contributed by atoms with Crippen LogP contribution >= 0.6 is 22.9 Å². The summed E-state index contributed by atoms with van der Waals surface area (Å²) in [5.74, 6) is -0.938. The Bertz CT molecular complexity index is 1660. The van der Waals surface area contributed by atoms with Crippen molar-refractivity contribution in [2.75, 3.05) is 18.1 Å². The van der Waals surface area contributed by atoms with Crippen LogP contribution in [0.25, 0.3) is 16.3 Å². The Labute approximate surface area is 240 Å². The summed E-state index contributed by atoms with van der Waals surface area (Å²) in [6.07, 6.45) is 4.62. The van der Waals surface area contributed by atoms with Gasteiger partial charge in [0, 0.05) is 5.02 Å². The Kier molecular flexibility index (Phi) is 8.00. The van der Waals surface area contributed by atoms with Gasteiger partial charge < -0.3 is 14.6 Å². The molecule has 1 aromatic heterocycles. The van der Waals surface area contributed by atoms with E-state index < -0.39 is 23.5 Å². The van der Waals surface area contributed by atoms with Gasteiger partial charge in [0.1, 0.15) is 6.61 Å². The molecule has 4 aromatic rings. The van der Waals surface area contributed by atoms with Crippen LogP contribution in [0, 0.1) is 0 Å². The standard InChI is InChI=1S/C31H25ClN2O5S/c1-3-16-39-24-15-11-20(17-25(24)38-4-2)28-27(23(35)14-10-19-8-6-5-7-9-19)29(36)30(37)34(28)31-33-22-13-12-21(32)18-26(22)40-31/h3,5-15,17-18,28,36H,1,4,16H2,2H3. The molecule has 40 heavy (non-hydrogen) atoms. The molecule has 0 saturated carbocycles. The van der Waals surface area contributed by atoms with Crippen molar-refractivity contribution >= 4 is 56.1 Å². The molecule has 3 aromatic carbocycles. The topological polar surface area (TPSA) is 89.0 Å². The number of thiazole rings is 1. The summed E-state index contributed by atoms with van der Waals surface area (Å²) >= 11 is 7.42. The molecule has 0 radical (unpaired) electrons. The molecule has 0 aliphatic carbocycles. The van der Waals surface area contributed by atoms with Gasteiger partial charge in [-0.15, -0.1) is 0 Å². The molecule has 1 aliphatic rings. The molecule has 0 saturated heterocycles. The predicted octanol–water partition coefficient (Wildman–Crippen LogP) is 7.10. The normalized spacial score (nSPS) is 15.3. The van der Waals surface area contributed by atoms with Crippen molar-refractivity contribution in [1.29, 1.82) is 0 Å². The van der Waals surface area contributed by atoms with E-state index in [-0.39, 0.29) is 12.2 Å². The minimum Gasteiger partial charge on any atom is -0.503 e. The summed E-state index contributed by atoms with van der Waals surface area (Å²) in [5.41, 5.74) is 1.93. The Hall–Kier alpha value is -4.40. The molecule has 1 amide bonds. The van der Waals surface area contributed by atoms with Crippen LogP contribution in [-0.2, 0) is 9.59 Å². The number of rotatable bonds is 10. The zero-order valence-corrected chi connectivity index (χ0v) is 23.1. The Morgan fingerprint density at radius 1 is 1.12 bits per heavy atom. The maximum absolute atomic E-state index is 13.6. The molecule has 1 N–H and O–H groups in total. The Morgan fingerprint density at radius 3 is 2.67 bits per heavy atom. The number of aromatic nitrogens is 1. The highest BCUT2D eigenvalue weighted by Crippen LogP contribution is 2.45. The number of halogens is 1. The molecule has 7 nitrogen and oxygen atoms in total. The van der Waals surface area contributed by atoms with Crippen LogP contribution in [0.1, 0.15) is 24.1 Å². The van der Waals surface area contributed by atoms with Gasteiger partial charge >= 0.3 is 0 Å². The first kappa shape index (κ1) is 27.2. The lowest BCUT2D eigenvalue weighted by molar-refractivity contribution is -0.117. The molecule has 1 aliphatic heterocycles. The number of ketones is 1. The van der Waals surface area contributed by atoms with Gasteiger partial charge in [-0.1, -0.05) is 78.1 Å². The van der Waals surface area contributed by atoms with Gasteiger partial charge in [0.05, 0.1) is 28.4 Å². The summed E-state index contributed by atoms with van der Waals surface area (Å²) in [6, 6.07) is 18.7. The maximum atomic E-state index is 13.6. The smallest absolute Gasteiger partial charge is 0.296 e. The highest BCUT2D eigenvalue weighted by molar-refractivity contribution is 7.22. The van der Waals surface area contributed by atoms with Crippen LogP contribution in [0.2, 0.25) is 5.02 Å². The highest BCUT2D eigenvalue weighted by Gasteiger charge is 2.45. The summed E-state index contributed by atoms with van der Waals surface area (Å²) in [7, 11) is 0. The molecular weight excluding hydrogens is 548 g/mol. The first-order chi connectivity index (χ1) is 19.4. The highest BCUT2D eigenvalue weighted by atomic mass is 35.5. The van der Waals surface area contributed by atoms with E-state index in [9.17, 15) is 14.7 Å². The number of hydrogen-bond donors (Lipinski definition) is 1. The molecular formula is C31H25ClN2O5S. The lowest BCUT2D eigenvalue weighted by Crippen LogP contribution is -2.30. The number of anilines is 1. The van der Waals surface area contributed by atoms with Crippen LogP contribution in [0.15, 0.2) is 96.8 Å². The minimum absolute atomic E-state index is 0.0586. The van der Waals surface area contributed by atoms with Crippen LogP contribution in [0.4, 0.5) is 5.13 Å². The van der Waals surface area contributed by atoms with Gasteiger partial charge in [0.2, 0.25) is 0 Å². The van der Waals surface area contributed by atoms with Crippen molar-refractivity contribution in [3.63, 3.8) is 0 Å². The largest absolute Gasteiger partial charge is 0.503 e. The van der Waals surface area contributed by atoms with Crippen LogP contribution in [0.3, 0.4) is 0 Å². The summed E-state index contributed by atoms with van der Waals surface area (Å²) in [6.45, 7) is 6.17. The van der Waals surface area contributed by atoms with Gasteiger partial charge in [-0.05, 0) is 54.5 Å². The number of hydrogen-bond acceptors (Lipinski definition) is 7. The third kappa shape index (κ3) is 5.36. The molecule has 1 unspecified atom stereocenters. The van der Waals surface area contributed by atoms with Crippen molar-refractivity contribution in [1.82, 2.24) is 4.98 Å². The second kappa shape index (κ2) is 11.8. The SMILES string of the molecule is C=CCOc1ccc(C2C(C(=O)C=Cc3ccccc3)=C(O)C(=O)N2c2nc3ccc(Cl)cc3s2)cc1OCC. The number of allylic oxidation sites excluding steroid dienone is 1. The van der Waals surface area contributed by atoms with Crippen LogP contribution in [0.5, 0.6) is 11.5 Å². The van der Waals surface area contributed by atoms with Crippen molar-refractivity contribution < 1.29 is 24.2 Å². The van der Waals surface area contributed by atoms with E-state index in [1.54, 1.807) is 48.6 Å². The molecule has 2 heterocycles. The second-order valence-corrected chi connectivity index (χ2v) is 10.2. The number of amides is 1. The minimum atomic E-state index is -0.968. The summed E-state index contributed by atoms with van der Waals surface area (Å²) in [5, 5.41) is 11.9. The third-order valence-corrected chi connectivity index (χ3v) is 7.44. The van der Waals surface area contributed by atoms with Crippen LogP contribution in [-0.4, -0.2) is 35.0 Å². The van der Waals surface area contributed by atoms with Crippen molar-refractivity contribution in [3.8, 4) is 11.5 Å². The zero-order valence-electron chi connectivity index (χ0n) is 21.5. The first-order valence-corrected chi connectivity index (χ1v) is 13.7. The summed E-state index contributed by atoms with van der Waals surface area (Å²) in [4.78, 5) is 33.1. The predicted molar refractivity (Wildman–Crippen MR) is 158 cm³/mol. The monoisotopic (exact) mass is 572 g/mol. The van der Waals surface area contributed by atoms with E-state index in [0.717, 1.165) is 10.3 Å². The number of benzene rings is 3. The quantitative estimate of drug-likeness (QED) is 0.161. The number of aliphatic hydroxyl groups excluding tert-OH is 1. The second-order valence-electron chi connectivity index (χ2n) is 8.80.